The molecule has 0 aliphatic rings. The van der Waals surface area contributed by atoms with Gasteiger partial charge in [-0.3, -0.25) is 0 Å². The maximum atomic E-state index is 12.7. The lowest BCUT2D eigenvalue weighted by molar-refractivity contribution is -0.188. The third-order valence-electron chi connectivity index (χ3n) is 1.33. The third-order valence-corrected chi connectivity index (χ3v) is 1.33. The molecule has 0 aliphatic heterocycles. The first kappa shape index (κ1) is 14.8. The molecule has 0 atom stereocenters. The summed E-state index contributed by atoms with van der Waals surface area (Å²) in [6.45, 7) is 0. The molecule has 0 aromatic heterocycles. The van der Waals surface area contributed by atoms with Gasteiger partial charge in [0.15, 0.2) is 5.57 Å². The number of aliphatic carboxylic acids is 1. The number of halogens is 5. The van der Waals surface area contributed by atoms with Gasteiger partial charge in [-0.05, 0) is 0 Å². The smallest absolute Gasteiger partial charge is 0.408 e. The number of rotatable bonds is 4. The van der Waals surface area contributed by atoms with Gasteiger partial charge >= 0.3 is 23.8 Å². The lowest BCUT2D eigenvalue weighted by Crippen LogP contribution is -2.36. The first-order valence-corrected chi connectivity index (χ1v) is 3.37. The Morgan fingerprint density at radius 1 is 1.00 bits per heavy atom. The van der Waals surface area contributed by atoms with Gasteiger partial charge in [-0.15, -0.1) is 0 Å². The molecule has 0 spiro atoms. The molecule has 0 heterocycles. The van der Waals surface area contributed by atoms with Gasteiger partial charge in [-0.25, -0.2) is 24.3 Å². The number of carbonyl (C=O) groups excluding carboxylic acids is 2. The molecule has 6 nitrogen and oxygen atoms in total. The van der Waals surface area contributed by atoms with Crippen LogP contribution in [0.1, 0.15) is 0 Å². The van der Waals surface area contributed by atoms with Crippen molar-refractivity contribution >= 4 is 17.9 Å². The first-order valence-electron chi connectivity index (χ1n) is 3.37. The van der Waals surface area contributed by atoms with E-state index in [-0.39, 0.29) is 0 Å². The summed E-state index contributed by atoms with van der Waals surface area (Å²) in [4.78, 5) is 34.8. The molecule has 0 radical (unpaired) electrons. The monoisotopic (exact) mass is 264 g/mol. The number of hydrogen-bond donors (Lipinski definition) is 1. The van der Waals surface area contributed by atoms with Crippen molar-refractivity contribution in [3.8, 4) is 0 Å². The van der Waals surface area contributed by atoms with Crippen LogP contribution >= 0.6 is 0 Å². The molecule has 0 saturated heterocycles. The standard InChI is InChI=1S/C6HF5O6/c7-2(4(13)17-11)1(3(12)16-10)6(8,9)5(14)15/h(H,14,15)/b2-1-. The minimum atomic E-state index is -5.32. The number of carboxylic acid groups (broad SMARTS) is 1. The van der Waals surface area contributed by atoms with E-state index in [0.29, 0.717) is 0 Å². The fraction of sp³-hybridized carbons (Fsp3) is 0.167. The van der Waals surface area contributed by atoms with Crippen LogP contribution in [0.25, 0.3) is 0 Å². The van der Waals surface area contributed by atoms with Crippen molar-refractivity contribution in [1.29, 1.82) is 0 Å². The second kappa shape index (κ2) is 5.23. The van der Waals surface area contributed by atoms with Crippen LogP contribution in [0.2, 0.25) is 0 Å². The van der Waals surface area contributed by atoms with Gasteiger partial charge < -0.3 is 5.11 Å². The predicted molar refractivity (Wildman–Crippen MR) is 35.1 cm³/mol. The minimum absolute atomic E-state index is 2.13. The van der Waals surface area contributed by atoms with Crippen LogP contribution in [0.4, 0.5) is 22.2 Å². The highest BCUT2D eigenvalue weighted by atomic mass is 19.3. The van der Waals surface area contributed by atoms with E-state index in [9.17, 15) is 36.6 Å². The normalized spacial score (nSPS) is 12.5. The van der Waals surface area contributed by atoms with Crippen molar-refractivity contribution in [2.24, 2.45) is 0 Å². The summed E-state index contributed by atoms with van der Waals surface area (Å²) in [6, 6.07) is 0. The summed E-state index contributed by atoms with van der Waals surface area (Å²) in [5.74, 6) is -16.9. The van der Waals surface area contributed by atoms with Crippen molar-refractivity contribution in [2.75, 3.05) is 0 Å². The van der Waals surface area contributed by atoms with Gasteiger partial charge in [-0.2, -0.15) is 13.2 Å². The molecule has 0 bridgehead atoms. The van der Waals surface area contributed by atoms with Crippen LogP contribution in [-0.4, -0.2) is 28.9 Å². The molecular weight excluding hydrogens is 263 g/mol. The van der Waals surface area contributed by atoms with Crippen LogP contribution in [0.15, 0.2) is 11.4 Å². The fourth-order valence-corrected chi connectivity index (χ4v) is 0.637. The van der Waals surface area contributed by atoms with Gasteiger partial charge in [0.25, 0.3) is 0 Å². The quantitative estimate of drug-likeness (QED) is 0.596. The average molecular weight is 264 g/mol. The van der Waals surface area contributed by atoms with Gasteiger partial charge in [0.05, 0.1) is 0 Å². The summed E-state index contributed by atoms with van der Waals surface area (Å²) in [5.41, 5.74) is -2.84. The zero-order valence-corrected chi connectivity index (χ0v) is 7.38. The molecule has 0 aliphatic carbocycles. The number of alkyl halides is 2. The van der Waals surface area contributed by atoms with E-state index in [0.717, 1.165) is 0 Å². The summed E-state index contributed by atoms with van der Waals surface area (Å²) >= 11 is 0. The van der Waals surface area contributed by atoms with E-state index in [1.165, 1.54) is 0 Å². The maximum absolute atomic E-state index is 12.7. The zero-order valence-electron chi connectivity index (χ0n) is 7.38. The zero-order chi connectivity index (χ0) is 13.8. The highest BCUT2D eigenvalue weighted by Gasteiger charge is 2.52. The third kappa shape index (κ3) is 2.89. The highest BCUT2D eigenvalue weighted by molar-refractivity contribution is 6.04. The molecule has 0 saturated carbocycles. The Labute approximate surface area is 88.0 Å². The summed E-state index contributed by atoms with van der Waals surface area (Å²) < 4.78 is 60.6. The van der Waals surface area contributed by atoms with E-state index < -0.39 is 35.2 Å². The molecule has 1 N–H and O–H groups in total. The van der Waals surface area contributed by atoms with Crippen molar-refractivity contribution in [3.63, 3.8) is 0 Å². The topological polar surface area (TPSA) is 89.9 Å². The molecule has 0 amide bonds. The average Bonchev–Trinajstić information content (AvgIpc) is 2.26. The largest absolute Gasteiger partial charge is 0.477 e. The first-order chi connectivity index (χ1) is 7.69. The van der Waals surface area contributed by atoms with Crippen LogP contribution in [0.3, 0.4) is 0 Å². The van der Waals surface area contributed by atoms with Gasteiger partial charge in [0, 0.05) is 9.05 Å². The summed E-state index contributed by atoms with van der Waals surface area (Å²) in [6.07, 6.45) is 0. The van der Waals surface area contributed by atoms with Crippen molar-refractivity contribution in [1.82, 2.24) is 0 Å². The Morgan fingerprint density at radius 3 is 1.71 bits per heavy atom. The van der Waals surface area contributed by atoms with Crippen molar-refractivity contribution < 1.29 is 51.6 Å². The van der Waals surface area contributed by atoms with E-state index >= 15 is 0 Å². The number of carboxylic acids is 1. The van der Waals surface area contributed by atoms with Gasteiger partial charge in [0.2, 0.25) is 5.83 Å². The summed E-state index contributed by atoms with van der Waals surface area (Å²) in [5, 5.41) is 7.93. The molecule has 0 aromatic carbocycles. The van der Waals surface area contributed by atoms with Crippen LogP contribution in [-0.2, 0) is 24.3 Å². The van der Waals surface area contributed by atoms with Gasteiger partial charge in [-0.1, -0.05) is 0 Å². The minimum Gasteiger partial charge on any atom is -0.477 e. The predicted octanol–water partition coefficient (Wildman–Crippen LogP) is 0.785. The highest BCUT2D eigenvalue weighted by Crippen LogP contribution is 2.29. The molecule has 11 heteroatoms. The lowest BCUT2D eigenvalue weighted by atomic mass is 10.1. The summed E-state index contributed by atoms with van der Waals surface area (Å²) in [7, 11) is 0. The Hall–Kier alpha value is -2.20. The number of carbonyl (C=O) groups is 3. The Morgan fingerprint density at radius 2 is 1.41 bits per heavy atom. The Bertz CT molecular complexity index is 388. The van der Waals surface area contributed by atoms with E-state index in [2.05, 4.69) is 9.88 Å². The van der Waals surface area contributed by atoms with Crippen molar-refractivity contribution in [3.05, 3.63) is 11.4 Å². The Balaban J connectivity index is 5.84. The molecule has 96 valence electrons. The van der Waals surface area contributed by atoms with Crippen LogP contribution in [0, 0.1) is 0 Å². The van der Waals surface area contributed by atoms with Gasteiger partial charge in [0.1, 0.15) is 0 Å². The van der Waals surface area contributed by atoms with E-state index in [4.69, 9.17) is 5.11 Å². The lowest BCUT2D eigenvalue weighted by Gasteiger charge is -2.11. The molecular formula is C6HF5O6. The maximum Gasteiger partial charge on any atom is 0.408 e. The van der Waals surface area contributed by atoms with E-state index in [1.807, 2.05) is 0 Å². The van der Waals surface area contributed by atoms with E-state index in [1.54, 1.807) is 0 Å². The second-order valence-electron chi connectivity index (χ2n) is 2.30. The Kier molecular flexibility index (Phi) is 4.55. The molecule has 0 aromatic rings. The van der Waals surface area contributed by atoms with Crippen LogP contribution < -0.4 is 0 Å². The molecule has 0 fully saturated rings. The fourth-order valence-electron chi connectivity index (χ4n) is 0.637. The molecule has 0 rings (SSSR count). The second-order valence-corrected chi connectivity index (χ2v) is 2.30. The SMILES string of the molecule is O=C(OF)/C(F)=C(\C(=O)OF)C(F)(F)C(=O)O. The molecule has 0 unspecified atom stereocenters. The number of hydrogen-bond acceptors (Lipinski definition) is 5. The van der Waals surface area contributed by atoms with Crippen LogP contribution in [0.5, 0.6) is 0 Å². The molecule has 17 heavy (non-hydrogen) atoms. The van der Waals surface area contributed by atoms with Crippen molar-refractivity contribution in [2.45, 2.75) is 5.92 Å².